The van der Waals surface area contributed by atoms with Crippen molar-refractivity contribution in [3.05, 3.63) is 45.9 Å². The molecule has 0 atom stereocenters. The number of benzene rings is 1. The molecule has 1 aromatic carbocycles. The monoisotopic (exact) mass is 249 g/mol. The Hall–Kier alpha value is -1.27. The van der Waals surface area contributed by atoms with Gasteiger partial charge in [0.25, 0.3) is 0 Å². The van der Waals surface area contributed by atoms with E-state index in [0.29, 0.717) is 6.54 Å². The van der Waals surface area contributed by atoms with Crippen LogP contribution in [-0.4, -0.2) is 6.54 Å². The minimum Gasteiger partial charge on any atom is -0.464 e. The lowest BCUT2D eigenvalue weighted by Crippen LogP contribution is -1.84. The summed E-state index contributed by atoms with van der Waals surface area (Å²) in [5.74, 6) is 0. The van der Waals surface area contributed by atoms with E-state index in [0.717, 1.165) is 27.4 Å². The molecule has 70 valence electrons. The normalized spacial score (nSPS) is 10.3. The van der Waals surface area contributed by atoms with Gasteiger partial charge in [0.1, 0.15) is 5.58 Å². The van der Waals surface area contributed by atoms with Gasteiger partial charge in [-0.15, -0.1) is 0 Å². The van der Waals surface area contributed by atoms with Crippen molar-refractivity contribution in [1.29, 1.82) is 0 Å². The van der Waals surface area contributed by atoms with Gasteiger partial charge in [0.15, 0.2) is 0 Å². The molecule has 1 heterocycles. The topological polar surface area (TPSA) is 17.5 Å². The minimum absolute atomic E-state index is 0.515. The van der Waals surface area contributed by atoms with Crippen LogP contribution < -0.4 is 0 Å². The number of nitrogens with zero attached hydrogens (tertiary/aromatic N) is 1. The van der Waals surface area contributed by atoms with Crippen LogP contribution in [0.25, 0.3) is 15.8 Å². The van der Waals surface area contributed by atoms with E-state index in [2.05, 4.69) is 20.8 Å². The number of fused-ring (bicyclic) bond motifs is 1. The summed E-state index contributed by atoms with van der Waals surface area (Å²) < 4.78 is 6.41. The molecule has 2 rings (SSSR count). The fourth-order valence-corrected chi connectivity index (χ4v) is 1.79. The lowest BCUT2D eigenvalue weighted by molar-refractivity contribution is 0.611. The third kappa shape index (κ3) is 1.66. The number of rotatable bonds is 2. The summed E-state index contributed by atoms with van der Waals surface area (Å²) in [5, 5.41) is 1.10. The van der Waals surface area contributed by atoms with Gasteiger partial charge in [0.05, 0.1) is 6.26 Å². The Morgan fingerprint density at radius 2 is 2.29 bits per heavy atom. The van der Waals surface area contributed by atoms with Crippen molar-refractivity contribution in [2.75, 3.05) is 6.54 Å². The smallest absolute Gasteiger partial charge is 0.218 e. The molecule has 0 aliphatic heterocycles. The molecular formula is C11H8BrNO. The van der Waals surface area contributed by atoms with Crippen molar-refractivity contribution < 1.29 is 4.42 Å². The van der Waals surface area contributed by atoms with Crippen molar-refractivity contribution in [2.45, 2.75) is 6.42 Å². The van der Waals surface area contributed by atoms with E-state index in [4.69, 9.17) is 11.0 Å². The molecule has 1 aromatic heterocycles. The largest absolute Gasteiger partial charge is 0.464 e. The zero-order chi connectivity index (χ0) is 9.97. The Balaban J connectivity index is 2.46. The van der Waals surface area contributed by atoms with Gasteiger partial charge in [-0.25, -0.2) is 6.57 Å². The maximum atomic E-state index is 6.74. The summed E-state index contributed by atoms with van der Waals surface area (Å²) in [6, 6.07) is 5.91. The number of halogens is 1. The molecular weight excluding hydrogens is 242 g/mol. The van der Waals surface area contributed by atoms with Crippen LogP contribution in [0.5, 0.6) is 0 Å². The second kappa shape index (κ2) is 3.85. The lowest BCUT2D eigenvalue weighted by atomic mass is 10.1. The first-order valence-electron chi connectivity index (χ1n) is 4.30. The summed E-state index contributed by atoms with van der Waals surface area (Å²) in [5.41, 5.74) is 1.99. The average molecular weight is 250 g/mol. The third-order valence-electron chi connectivity index (χ3n) is 2.11. The van der Waals surface area contributed by atoms with Crippen LogP contribution >= 0.6 is 15.9 Å². The second-order valence-electron chi connectivity index (χ2n) is 3.03. The summed E-state index contributed by atoms with van der Waals surface area (Å²) in [4.78, 5) is 3.34. The van der Waals surface area contributed by atoms with Crippen molar-refractivity contribution in [3.63, 3.8) is 0 Å². The molecule has 0 N–H and O–H groups in total. The molecule has 0 bridgehead atoms. The maximum Gasteiger partial charge on any atom is 0.218 e. The third-order valence-corrected chi connectivity index (χ3v) is 2.60. The average Bonchev–Trinajstić information content (AvgIpc) is 2.57. The van der Waals surface area contributed by atoms with Crippen LogP contribution in [0.3, 0.4) is 0 Å². The lowest BCUT2D eigenvalue weighted by Gasteiger charge is -1.92. The van der Waals surface area contributed by atoms with Crippen LogP contribution in [0.1, 0.15) is 5.56 Å². The fraction of sp³-hybridized carbons (Fsp3) is 0.182. The standard InChI is InChI=1S/C11H8BrNO/c1-13-5-4-8-7-14-11-3-2-9(12)6-10(8)11/h2-3,6-7H,4-5H2. The van der Waals surface area contributed by atoms with E-state index in [1.54, 1.807) is 6.26 Å². The van der Waals surface area contributed by atoms with Crippen molar-refractivity contribution >= 4 is 26.9 Å². The van der Waals surface area contributed by atoms with Gasteiger partial charge in [-0.3, -0.25) is 0 Å². The van der Waals surface area contributed by atoms with E-state index in [-0.39, 0.29) is 0 Å². The zero-order valence-electron chi connectivity index (χ0n) is 7.46. The highest BCUT2D eigenvalue weighted by Crippen LogP contribution is 2.25. The highest BCUT2D eigenvalue weighted by atomic mass is 79.9. The number of hydrogen-bond donors (Lipinski definition) is 0. The molecule has 0 aliphatic carbocycles. The fourth-order valence-electron chi connectivity index (χ4n) is 1.42. The van der Waals surface area contributed by atoms with E-state index in [1.807, 2.05) is 18.2 Å². The molecule has 14 heavy (non-hydrogen) atoms. The van der Waals surface area contributed by atoms with Crippen molar-refractivity contribution in [1.82, 2.24) is 0 Å². The van der Waals surface area contributed by atoms with Gasteiger partial charge in [0.2, 0.25) is 6.54 Å². The predicted octanol–water partition coefficient (Wildman–Crippen LogP) is 3.66. The van der Waals surface area contributed by atoms with Crippen LogP contribution in [0.2, 0.25) is 0 Å². The molecule has 0 radical (unpaired) electrons. The van der Waals surface area contributed by atoms with Gasteiger partial charge in [-0.2, -0.15) is 0 Å². The van der Waals surface area contributed by atoms with E-state index in [9.17, 15) is 0 Å². The van der Waals surface area contributed by atoms with Crippen LogP contribution in [0.15, 0.2) is 33.4 Å². The first-order valence-corrected chi connectivity index (χ1v) is 5.09. The summed E-state index contributed by atoms with van der Waals surface area (Å²) in [6.07, 6.45) is 2.50. The van der Waals surface area contributed by atoms with Gasteiger partial charge in [-0.05, 0) is 18.2 Å². The zero-order valence-corrected chi connectivity index (χ0v) is 9.04. The van der Waals surface area contributed by atoms with Crippen molar-refractivity contribution in [2.24, 2.45) is 0 Å². The molecule has 2 nitrogen and oxygen atoms in total. The summed E-state index contributed by atoms with van der Waals surface area (Å²) in [7, 11) is 0. The Labute approximate surface area is 90.5 Å². The van der Waals surface area contributed by atoms with Crippen LogP contribution in [0.4, 0.5) is 0 Å². The highest BCUT2D eigenvalue weighted by molar-refractivity contribution is 9.10. The van der Waals surface area contributed by atoms with E-state index < -0.39 is 0 Å². The molecule has 0 unspecified atom stereocenters. The SMILES string of the molecule is [C-]#[N+]CCc1coc2ccc(Br)cc12. The molecule has 0 fully saturated rings. The van der Waals surface area contributed by atoms with Crippen LogP contribution in [0, 0.1) is 6.57 Å². The number of furan rings is 1. The quantitative estimate of drug-likeness (QED) is 0.743. The highest BCUT2D eigenvalue weighted by Gasteiger charge is 2.06. The number of hydrogen-bond acceptors (Lipinski definition) is 1. The van der Waals surface area contributed by atoms with Gasteiger partial charge in [0, 0.05) is 21.8 Å². The van der Waals surface area contributed by atoms with E-state index >= 15 is 0 Å². The predicted molar refractivity (Wildman–Crippen MR) is 59.1 cm³/mol. The Morgan fingerprint density at radius 1 is 1.43 bits per heavy atom. The Kier molecular flexibility index (Phi) is 2.55. The summed E-state index contributed by atoms with van der Waals surface area (Å²) >= 11 is 3.42. The summed E-state index contributed by atoms with van der Waals surface area (Å²) in [6.45, 7) is 7.26. The molecule has 0 saturated carbocycles. The second-order valence-corrected chi connectivity index (χ2v) is 3.95. The van der Waals surface area contributed by atoms with Crippen molar-refractivity contribution in [3.8, 4) is 0 Å². The minimum atomic E-state index is 0.515. The molecule has 3 heteroatoms. The van der Waals surface area contributed by atoms with Gasteiger partial charge in [-0.1, -0.05) is 15.9 Å². The first-order chi connectivity index (χ1) is 6.81. The first kappa shape index (κ1) is 9.29. The van der Waals surface area contributed by atoms with E-state index in [1.165, 1.54) is 0 Å². The van der Waals surface area contributed by atoms with Gasteiger partial charge < -0.3 is 9.26 Å². The molecule has 0 spiro atoms. The molecule has 0 amide bonds. The maximum absolute atomic E-state index is 6.74. The molecule has 2 aromatic rings. The van der Waals surface area contributed by atoms with Gasteiger partial charge >= 0.3 is 0 Å². The van der Waals surface area contributed by atoms with Crippen LogP contribution in [-0.2, 0) is 6.42 Å². The molecule has 0 saturated heterocycles. The Bertz CT molecular complexity index is 495. The Morgan fingerprint density at radius 3 is 3.07 bits per heavy atom. The molecule has 0 aliphatic rings.